The maximum atomic E-state index is 6.17. The van der Waals surface area contributed by atoms with E-state index in [9.17, 15) is 0 Å². The van der Waals surface area contributed by atoms with Crippen molar-refractivity contribution in [1.29, 1.82) is 0 Å². The van der Waals surface area contributed by atoms with Crippen LogP contribution in [0.1, 0.15) is 16.0 Å². The van der Waals surface area contributed by atoms with Crippen LogP contribution in [0.4, 0.5) is 0 Å². The molecule has 2 aromatic carbocycles. The van der Waals surface area contributed by atoms with Gasteiger partial charge in [-0.2, -0.15) is 0 Å². The van der Waals surface area contributed by atoms with E-state index in [1.807, 2.05) is 18.2 Å². The van der Waals surface area contributed by atoms with Crippen molar-refractivity contribution >= 4 is 62.3 Å². The molecule has 0 bridgehead atoms. The molecular weight excluding hydrogens is 378 g/mol. The van der Waals surface area contributed by atoms with Crippen LogP contribution < -0.4 is 0 Å². The van der Waals surface area contributed by atoms with Crippen molar-refractivity contribution in [2.45, 2.75) is 4.83 Å². The molecule has 0 aliphatic heterocycles. The molecule has 0 heterocycles. The lowest BCUT2D eigenvalue weighted by Gasteiger charge is -2.13. The number of rotatable bonds is 2. The van der Waals surface area contributed by atoms with Crippen LogP contribution in [0, 0.1) is 0 Å². The van der Waals surface area contributed by atoms with Crippen molar-refractivity contribution in [2.75, 3.05) is 0 Å². The summed E-state index contributed by atoms with van der Waals surface area (Å²) in [5.74, 6) is 0. The second-order valence-electron chi connectivity index (χ2n) is 3.73. The van der Waals surface area contributed by atoms with Crippen molar-refractivity contribution < 1.29 is 0 Å². The molecule has 2 aromatic rings. The second kappa shape index (κ2) is 6.02. The van der Waals surface area contributed by atoms with E-state index in [1.54, 1.807) is 18.2 Å². The lowest BCUT2D eigenvalue weighted by Crippen LogP contribution is -1.94. The Kier molecular flexibility index (Phi) is 4.85. The predicted octanol–water partition coefficient (Wildman–Crippen LogP) is 6.78. The van der Waals surface area contributed by atoms with Gasteiger partial charge in [0.15, 0.2) is 0 Å². The maximum absolute atomic E-state index is 6.17. The molecule has 0 saturated heterocycles. The summed E-state index contributed by atoms with van der Waals surface area (Å²) >= 11 is 27.6. The minimum absolute atomic E-state index is 0.0848. The zero-order valence-electron chi connectivity index (χ0n) is 8.93. The van der Waals surface area contributed by atoms with Crippen LogP contribution in [-0.4, -0.2) is 0 Å². The smallest absolute Gasteiger partial charge is 0.0660 e. The second-order valence-corrected chi connectivity index (χ2v) is 6.36. The van der Waals surface area contributed by atoms with Crippen molar-refractivity contribution in [3.63, 3.8) is 0 Å². The van der Waals surface area contributed by atoms with E-state index in [0.29, 0.717) is 20.1 Å². The summed E-state index contributed by atoms with van der Waals surface area (Å²) in [5, 5.41) is 2.38. The minimum Gasteiger partial charge on any atom is -0.0843 e. The van der Waals surface area contributed by atoms with Crippen LogP contribution >= 0.6 is 62.3 Å². The number of hydrogen-bond acceptors (Lipinski definition) is 0. The zero-order valence-corrected chi connectivity index (χ0v) is 13.5. The van der Waals surface area contributed by atoms with E-state index in [-0.39, 0.29) is 4.83 Å². The van der Waals surface area contributed by atoms with E-state index in [2.05, 4.69) is 15.9 Å². The fourth-order valence-electron chi connectivity index (χ4n) is 1.61. The average Bonchev–Trinajstić information content (AvgIpc) is 2.26. The molecule has 0 radical (unpaired) electrons. The molecule has 0 amide bonds. The topological polar surface area (TPSA) is 0 Å². The van der Waals surface area contributed by atoms with Gasteiger partial charge in [0, 0.05) is 20.1 Å². The largest absolute Gasteiger partial charge is 0.0843 e. The zero-order chi connectivity index (χ0) is 13.3. The van der Waals surface area contributed by atoms with Crippen LogP contribution in [0.25, 0.3) is 0 Å². The highest BCUT2D eigenvalue weighted by atomic mass is 79.9. The normalized spacial score (nSPS) is 12.5. The van der Waals surface area contributed by atoms with Gasteiger partial charge in [-0.15, -0.1) is 0 Å². The Morgan fingerprint density at radius 2 is 1.39 bits per heavy atom. The Morgan fingerprint density at radius 3 is 1.94 bits per heavy atom. The first-order chi connectivity index (χ1) is 8.47. The summed E-state index contributed by atoms with van der Waals surface area (Å²) in [6.45, 7) is 0. The van der Waals surface area contributed by atoms with Gasteiger partial charge >= 0.3 is 0 Å². The highest BCUT2D eigenvalue weighted by molar-refractivity contribution is 9.09. The first-order valence-electron chi connectivity index (χ1n) is 5.02. The van der Waals surface area contributed by atoms with Crippen LogP contribution in [0.5, 0.6) is 0 Å². The van der Waals surface area contributed by atoms with Gasteiger partial charge in [0.2, 0.25) is 0 Å². The average molecular weight is 385 g/mol. The van der Waals surface area contributed by atoms with E-state index < -0.39 is 0 Å². The van der Waals surface area contributed by atoms with Crippen LogP contribution in [0.2, 0.25) is 20.1 Å². The van der Waals surface area contributed by atoms with E-state index in [4.69, 9.17) is 46.4 Å². The van der Waals surface area contributed by atoms with Gasteiger partial charge in [0.05, 0.1) is 4.83 Å². The van der Waals surface area contributed by atoms with Crippen molar-refractivity contribution in [1.82, 2.24) is 0 Å². The molecule has 0 spiro atoms. The first kappa shape index (κ1) is 14.5. The predicted molar refractivity (Wildman–Crippen MR) is 83.7 cm³/mol. The number of benzene rings is 2. The third-order valence-electron chi connectivity index (χ3n) is 2.41. The van der Waals surface area contributed by atoms with Crippen LogP contribution in [0.3, 0.4) is 0 Å². The number of alkyl halides is 1. The number of hydrogen-bond donors (Lipinski definition) is 0. The third-order valence-corrected chi connectivity index (χ3v) is 4.43. The van der Waals surface area contributed by atoms with E-state index in [1.165, 1.54) is 0 Å². The molecule has 0 N–H and O–H groups in total. The highest BCUT2D eigenvalue weighted by Crippen LogP contribution is 2.38. The Labute approximate surface area is 134 Å². The first-order valence-corrected chi connectivity index (χ1v) is 7.45. The Balaban J connectivity index is 2.44. The lowest BCUT2D eigenvalue weighted by molar-refractivity contribution is 1.18. The van der Waals surface area contributed by atoms with Gasteiger partial charge in [-0.3, -0.25) is 0 Å². The monoisotopic (exact) mass is 382 g/mol. The molecule has 0 nitrogen and oxygen atoms in total. The van der Waals surface area contributed by atoms with Gasteiger partial charge in [-0.05, 0) is 41.5 Å². The summed E-state index contributed by atoms with van der Waals surface area (Å²) < 4.78 is 0. The molecular formula is C13H7BrCl4. The van der Waals surface area contributed by atoms with Gasteiger partial charge in [0.1, 0.15) is 0 Å². The fourth-order valence-corrected chi connectivity index (χ4v) is 3.46. The summed E-state index contributed by atoms with van der Waals surface area (Å²) in [7, 11) is 0. The van der Waals surface area contributed by atoms with E-state index >= 15 is 0 Å². The third kappa shape index (κ3) is 3.34. The van der Waals surface area contributed by atoms with Gasteiger partial charge < -0.3 is 0 Å². The molecule has 1 atom stereocenters. The summed E-state index contributed by atoms with van der Waals surface area (Å²) in [4.78, 5) is -0.0848. The summed E-state index contributed by atoms with van der Waals surface area (Å²) in [6.07, 6.45) is 0. The minimum atomic E-state index is -0.0848. The summed E-state index contributed by atoms with van der Waals surface area (Å²) in [5.41, 5.74) is 1.86. The Morgan fingerprint density at radius 1 is 0.778 bits per heavy atom. The van der Waals surface area contributed by atoms with Gasteiger partial charge in [-0.25, -0.2) is 0 Å². The van der Waals surface area contributed by atoms with Crippen LogP contribution in [-0.2, 0) is 0 Å². The van der Waals surface area contributed by atoms with Gasteiger partial charge in [-0.1, -0.05) is 68.4 Å². The van der Waals surface area contributed by atoms with Crippen molar-refractivity contribution in [2.24, 2.45) is 0 Å². The lowest BCUT2D eigenvalue weighted by atomic mass is 10.0. The highest BCUT2D eigenvalue weighted by Gasteiger charge is 2.15. The van der Waals surface area contributed by atoms with Crippen molar-refractivity contribution in [3.05, 3.63) is 67.6 Å². The van der Waals surface area contributed by atoms with Crippen LogP contribution in [0.15, 0.2) is 36.4 Å². The molecule has 1 unspecified atom stereocenters. The molecule has 0 aliphatic carbocycles. The molecule has 94 valence electrons. The van der Waals surface area contributed by atoms with Gasteiger partial charge in [0.25, 0.3) is 0 Å². The van der Waals surface area contributed by atoms with E-state index in [0.717, 1.165) is 11.1 Å². The molecule has 0 fully saturated rings. The molecule has 2 rings (SSSR count). The molecule has 0 aromatic heterocycles. The Hall–Kier alpha value is 0.0800. The SMILES string of the molecule is Clc1cc(Cl)cc(C(Br)c2ccc(Cl)cc2Cl)c1. The fraction of sp³-hybridized carbons (Fsp3) is 0.0769. The standard InChI is InChI=1S/C13H7BrCl4/c14-13(7-3-9(16)5-10(17)4-7)11-2-1-8(15)6-12(11)18/h1-6,13H. The molecule has 0 saturated carbocycles. The quantitative estimate of drug-likeness (QED) is 0.500. The Bertz CT molecular complexity index is 563. The maximum Gasteiger partial charge on any atom is 0.0660 e. The molecule has 5 heteroatoms. The number of halogens is 5. The van der Waals surface area contributed by atoms with Crippen molar-refractivity contribution in [3.8, 4) is 0 Å². The molecule has 0 aliphatic rings. The molecule has 18 heavy (non-hydrogen) atoms. The summed E-state index contributed by atoms with van der Waals surface area (Å²) in [6, 6.07) is 10.8.